The van der Waals surface area contributed by atoms with Crippen molar-refractivity contribution in [2.75, 3.05) is 7.05 Å². The minimum absolute atomic E-state index is 0.0947. The van der Waals surface area contributed by atoms with Crippen LogP contribution in [0.2, 0.25) is 0 Å². The third-order valence-corrected chi connectivity index (χ3v) is 13.4. The third-order valence-electron chi connectivity index (χ3n) is 13.4. The summed E-state index contributed by atoms with van der Waals surface area (Å²) in [5, 5.41) is 4.90. The summed E-state index contributed by atoms with van der Waals surface area (Å²) in [5.74, 6) is 1.06. The molecule has 10 aliphatic rings. The highest BCUT2D eigenvalue weighted by atomic mass is 17.3. The molecule has 10 fully saturated rings. The highest BCUT2D eigenvalue weighted by molar-refractivity contribution is 5.89. The Morgan fingerprint density at radius 1 is 0.674 bits per heavy atom. The predicted molar refractivity (Wildman–Crippen MR) is 155 cm³/mol. The number of hydrogen-bond donors (Lipinski definition) is 1. The van der Waals surface area contributed by atoms with Gasteiger partial charge >= 0.3 is 0 Å². The van der Waals surface area contributed by atoms with Crippen molar-refractivity contribution in [2.24, 2.45) is 52.4 Å². The van der Waals surface area contributed by atoms with Gasteiger partial charge in [-0.05, 0) is 87.9 Å². The van der Waals surface area contributed by atoms with Gasteiger partial charge in [-0.1, -0.05) is 27.7 Å². The zero-order chi connectivity index (χ0) is 29.9. The summed E-state index contributed by atoms with van der Waals surface area (Å²) in [7, 11) is 1.86. The number of ether oxygens (including phenoxy) is 4. The van der Waals surface area contributed by atoms with Gasteiger partial charge in [0.05, 0.1) is 11.8 Å². The van der Waals surface area contributed by atoms with Crippen LogP contribution in [0.3, 0.4) is 0 Å². The van der Waals surface area contributed by atoms with Crippen molar-refractivity contribution in [3.63, 3.8) is 0 Å². The van der Waals surface area contributed by atoms with Gasteiger partial charge in [0.25, 0.3) is 0 Å². The number of rotatable bonds is 4. The Morgan fingerprint density at radius 2 is 1.21 bits per heavy atom. The SMILES string of the molecule is CN/N=C(/C[C@H]1O[C@@H]2O[C@]3(C)CC[C@H]4[C@H](C)CC[C@@H]([C@H]1C)C24OO3)[C@H]1O[C@@H]2O[C@]3(C)CC[C@H]4[C@H](C)CC[C@@H]([C@H]1C)C24OO3. The largest absolute Gasteiger partial charge is 0.345 e. The van der Waals surface area contributed by atoms with Crippen LogP contribution in [0.25, 0.3) is 0 Å². The fourth-order valence-electron chi connectivity index (χ4n) is 11.1. The van der Waals surface area contributed by atoms with Crippen LogP contribution in [0.4, 0.5) is 0 Å². The third kappa shape index (κ3) is 4.09. The van der Waals surface area contributed by atoms with Crippen LogP contribution < -0.4 is 5.43 Å². The molecule has 8 aliphatic heterocycles. The first kappa shape index (κ1) is 29.5. The molecule has 0 aromatic carbocycles. The molecular formula is C33H52N2O8. The second kappa shape index (κ2) is 10.1. The molecule has 10 rings (SSSR count). The van der Waals surface area contributed by atoms with Gasteiger partial charge in [-0.3, -0.25) is 0 Å². The summed E-state index contributed by atoms with van der Waals surface area (Å²) >= 11 is 0. The summed E-state index contributed by atoms with van der Waals surface area (Å²) in [6.07, 6.45) is 7.48. The summed E-state index contributed by atoms with van der Waals surface area (Å²) < 4.78 is 27.3. The van der Waals surface area contributed by atoms with Gasteiger partial charge < -0.3 is 24.4 Å². The summed E-state index contributed by atoms with van der Waals surface area (Å²) in [5.41, 5.74) is 2.90. The van der Waals surface area contributed by atoms with Gasteiger partial charge in [0.15, 0.2) is 23.8 Å². The normalized spacial score (nSPS) is 59.1. The molecule has 0 amide bonds. The first-order valence-corrected chi connectivity index (χ1v) is 17.2. The van der Waals surface area contributed by atoms with E-state index in [9.17, 15) is 0 Å². The topological polar surface area (TPSA) is 98.2 Å². The van der Waals surface area contributed by atoms with Crippen molar-refractivity contribution in [3.8, 4) is 0 Å². The van der Waals surface area contributed by atoms with Gasteiger partial charge in [-0.2, -0.15) is 5.10 Å². The van der Waals surface area contributed by atoms with Crippen LogP contribution in [-0.2, 0) is 38.5 Å². The molecule has 10 nitrogen and oxygen atoms in total. The van der Waals surface area contributed by atoms with Gasteiger partial charge in [-0.25, -0.2) is 19.6 Å². The smallest absolute Gasteiger partial charge is 0.201 e. The summed E-state index contributed by atoms with van der Waals surface area (Å²) in [6, 6.07) is 0. The van der Waals surface area contributed by atoms with E-state index in [0.29, 0.717) is 30.1 Å². The van der Waals surface area contributed by atoms with Crippen LogP contribution in [0.1, 0.15) is 99.3 Å². The molecule has 4 bridgehead atoms. The molecule has 2 aliphatic carbocycles. The molecule has 2 unspecified atom stereocenters. The number of fused-ring (bicyclic) bond motifs is 4. The maximum absolute atomic E-state index is 7.01. The number of hydrazone groups is 1. The molecule has 8 heterocycles. The van der Waals surface area contributed by atoms with Crippen molar-refractivity contribution >= 4 is 5.71 Å². The van der Waals surface area contributed by atoms with E-state index in [1.54, 1.807) is 0 Å². The van der Waals surface area contributed by atoms with Crippen molar-refractivity contribution in [1.82, 2.24) is 5.43 Å². The Bertz CT molecular complexity index is 1140. The standard InChI is InChI=1S/C33H52N2O8/c1-17-8-10-23-19(3)26(36-28-32(23)21(17)12-14-30(5,38-28)40-42-32)16-25(35-34-7)27-20(4)24-11-9-18(2)22-13-15-31(6)39-29(37-27)33(22,24)43-41-31/h17-24,26-29,34H,8-16H2,1-7H3/b35-25-/t17-,18-,19-,20-,21+,22+,23+,24+,26-,27+,28-,29-,30+,31+,32?,33?/m1/s1. The number of nitrogens with one attached hydrogen (secondary N) is 1. The van der Waals surface area contributed by atoms with Crippen molar-refractivity contribution in [3.05, 3.63) is 0 Å². The van der Waals surface area contributed by atoms with Crippen LogP contribution >= 0.6 is 0 Å². The molecule has 10 heteroatoms. The fourth-order valence-corrected chi connectivity index (χ4v) is 11.1. The van der Waals surface area contributed by atoms with E-state index < -0.39 is 35.4 Å². The Kier molecular flexibility index (Phi) is 6.92. The summed E-state index contributed by atoms with van der Waals surface area (Å²) in [6.45, 7) is 13.3. The Balaban J connectivity index is 1.10. The zero-order valence-electron chi connectivity index (χ0n) is 27.0. The van der Waals surface area contributed by atoms with Crippen LogP contribution in [-0.4, -0.2) is 60.3 Å². The second-order valence-corrected chi connectivity index (χ2v) is 15.8. The Hall–Kier alpha value is -0.850. The molecule has 0 radical (unpaired) electrons. The van der Waals surface area contributed by atoms with Gasteiger partial charge in [0.1, 0.15) is 6.10 Å². The molecule has 242 valence electrons. The minimum atomic E-state index is -0.804. The quantitative estimate of drug-likeness (QED) is 0.255. The lowest BCUT2D eigenvalue weighted by Gasteiger charge is -2.61. The first-order chi connectivity index (χ1) is 20.5. The highest BCUT2D eigenvalue weighted by Gasteiger charge is 2.71. The minimum Gasteiger partial charge on any atom is -0.345 e. The maximum Gasteiger partial charge on any atom is 0.201 e. The predicted octanol–water partition coefficient (Wildman–Crippen LogP) is 5.45. The average molecular weight is 605 g/mol. The van der Waals surface area contributed by atoms with Crippen molar-refractivity contribution in [2.45, 2.75) is 147 Å². The lowest BCUT2D eigenvalue weighted by Crippen LogP contribution is -2.71. The van der Waals surface area contributed by atoms with Crippen molar-refractivity contribution < 1.29 is 38.5 Å². The lowest BCUT2D eigenvalue weighted by atomic mass is 9.56. The molecule has 2 spiro atoms. The van der Waals surface area contributed by atoms with Crippen LogP contribution in [0.15, 0.2) is 5.10 Å². The van der Waals surface area contributed by atoms with E-state index in [1.807, 2.05) is 20.9 Å². The van der Waals surface area contributed by atoms with Gasteiger partial charge in [-0.15, -0.1) is 0 Å². The van der Waals surface area contributed by atoms with Gasteiger partial charge in [0, 0.05) is 38.1 Å². The summed E-state index contributed by atoms with van der Waals surface area (Å²) in [4.78, 5) is 24.9. The van der Waals surface area contributed by atoms with Gasteiger partial charge in [0.2, 0.25) is 11.6 Å². The van der Waals surface area contributed by atoms with E-state index in [4.69, 9.17) is 43.6 Å². The fraction of sp³-hybridized carbons (Fsp3) is 0.970. The monoisotopic (exact) mass is 604 g/mol. The first-order valence-electron chi connectivity index (χ1n) is 17.2. The number of hydrogen-bond acceptors (Lipinski definition) is 10. The zero-order valence-corrected chi connectivity index (χ0v) is 27.0. The molecule has 8 saturated heterocycles. The number of nitrogens with zero attached hydrogens (tertiary/aromatic N) is 1. The molecule has 0 aromatic heterocycles. The molecule has 43 heavy (non-hydrogen) atoms. The second-order valence-electron chi connectivity index (χ2n) is 15.8. The molecule has 16 atom stereocenters. The maximum atomic E-state index is 7.01. The molecule has 2 saturated carbocycles. The lowest BCUT2D eigenvalue weighted by molar-refractivity contribution is -0.571. The Morgan fingerprint density at radius 3 is 1.77 bits per heavy atom. The van der Waals surface area contributed by atoms with Crippen molar-refractivity contribution in [1.29, 1.82) is 0 Å². The van der Waals surface area contributed by atoms with E-state index in [2.05, 4.69) is 33.1 Å². The van der Waals surface area contributed by atoms with E-state index in [1.165, 1.54) is 12.8 Å². The van der Waals surface area contributed by atoms with E-state index in [0.717, 1.165) is 44.2 Å². The highest BCUT2D eigenvalue weighted by Crippen LogP contribution is 2.63. The molecular weight excluding hydrogens is 552 g/mol. The van der Waals surface area contributed by atoms with Crippen LogP contribution in [0.5, 0.6) is 0 Å². The van der Waals surface area contributed by atoms with E-state index >= 15 is 0 Å². The molecule has 1 N–H and O–H groups in total. The van der Waals surface area contributed by atoms with Crippen LogP contribution in [0, 0.1) is 47.3 Å². The van der Waals surface area contributed by atoms with E-state index in [-0.39, 0.29) is 35.9 Å². The molecule has 0 aromatic rings. The average Bonchev–Trinajstić information content (AvgIpc) is 3.35. The Labute approximate surface area is 256 Å².